The van der Waals surface area contributed by atoms with Gasteiger partial charge in [0.05, 0.1) is 47.6 Å². The van der Waals surface area contributed by atoms with Gasteiger partial charge in [-0.05, 0) is 77.6 Å². The number of carboxylic acid groups (broad SMARTS) is 2. The summed E-state index contributed by atoms with van der Waals surface area (Å²) in [5, 5.41) is 110. The second-order valence-electron chi connectivity index (χ2n) is 16.2. The molecule has 362 valence electrons. The molecule has 9 rings (SSSR count). The highest BCUT2D eigenvalue weighted by Crippen LogP contribution is 2.54. The first-order valence-electron chi connectivity index (χ1n) is 21.2. The Labute approximate surface area is 389 Å². The lowest BCUT2D eigenvalue weighted by Gasteiger charge is -2.40. The fourth-order valence-electron chi connectivity index (χ4n) is 8.61. The van der Waals surface area contributed by atoms with Crippen LogP contribution in [-0.4, -0.2) is 142 Å². The quantitative estimate of drug-likeness (QED) is 0.0937. The van der Waals surface area contributed by atoms with Crippen molar-refractivity contribution in [2.45, 2.75) is 68.2 Å². The first-order chi connectivity index (χ1) is 32.8. The van der Waals surface area contributed by atoms with Crippen LogP contribution in [0.25, 0.3) is 5.76 Å². The molecule has 3 heterocycles. The van der Waals surface area contributed by atoms with Gasteiger partial charge in [0.15, 0.2) is 23.0 Å². The third-order valence-corrected chi connectivity index (χ3v) is 11.9. The van der Waals surface area contributed by atoms with Crippen LogP contribution in [0.5, 0.6) is 28.7 Å². The summed E-state index contributed by atoms with van der Waals surface area (Å²) in [5.74, 6) is -8.91. The molecule has 0 radical (unpaired) electrons. The molecule has 4 unspecified atom stereocenters. The van der Waals surface area contributed by atoms with E-state index in [0.29, 0.717) is 12.2 Å². The molecule has 0 spiro atoms. The monoisotopic (exact) mass is 956 g/mol. The fourth-order valence-corrected chi connectivity index (χ4v) is 8.61. The number of carboxylic acids is 2. The van der Waals surface area contributed by atoms with Crippen LogP contribution in [-0.2, 0) is 23.8 Å². The number of benzene rings is 4. The summed E-state index contributed by atoms with van der Waals surface area (Å²) in [7, 11) is 0. The van der Waals surface area contributed by atoms with Crippen LogP contribution in [0.15, 0.2) is 78.6 Å². The average molecular weight is 957 g/mol. The Kier molecular flexibility index (Phi) is 14.4. The number of Topliss-reactive ketones (excluding diaryl/α,β-unsaturated/α-hetero) is 2. The number of ether oxygens (including phenoxy) is 4. The Bertz CT molecular complexity index is 2810. The average Bonchev–Trinajstić information content (AvgIpc) is 3.32. The Balaban J connectivity index is 0.000000249. The Morgan fingerprint density at radius 3 is 1.96 bits per heavy atom. The summed E-state index contributed by atoms with van der Waals surface area (Å²) < 4.78 is 21.0. The molecule has 1 saturated heterocycles. The van der Waals surface area contributed by atoms with Crippen molar-refractivity contribution < 1.29 is 104 Å². The largest absolute Gasteiger partial charge is 0.507 e. The number of cyclic esters (lactones) is 1. The minimum absolute atomic E-state index is 0.0338. The fraction of sp³-hybridized carbons (Fsp3) is 0.292. The van der Waals surface area contributed by atoms with E-state index < -0.39 is 95.7 Å². The van der Waals surface area contributed by atoms with Crippen LogP contribution in [0.1, 0.15) is 107 Å². The molecule has 3 aliphatic heterocycles. The van der Waals surface area contributed by atoms with Crippen molar-refractivity contribution in [2.75, 3.05) is 19.8 Å². The molecular weight excluding hydrogens is 913 g/mol. The maximum absolute atomic E-state index is 14.1. The highest BCUT2D eigenvalue weighted by molar-refractivity contribution is 6.16. The van der Waals surface area contributed by atoms with Crippen LogP contribution in [0.2, 0.25) is 0 Å². The highest BCUT2D eigenvalue weighted by atomic mass is 16.7. The van der Waals surface area contributed by atoms with Crippen LogP contribution in [0, 0.1) is 0 Å². The summed E-state index contributed by atoms with van der Waals surface area (Å²) >= 11 is 0. The number of phenolic OH excluding ortho intramolecular Hbond substituents is 4. The molecule has 21 nitrogen and oxygen atoms in total. The highest BCUT2D eigenvalue weighted by Gasteiger charge is 2.47. The maximum Gasteiger partial charge on any atom is 0.335 e. The topological polar surface area (TPSA) is 362 Å². The molecule has 5 aliphatic rings. The van der Waals surface area contributed by atoms with Gasteiger partial charge in [0, 0.05) is 36.8 Å². The van der Waals surface area contributed by atoms with E-state index in [0.717, 1.165) is 18.6 Å². The van der Waals surface area contributed by atoms with Gasteiger partial charge >= 0.3 is 17.9 Å². The van der Waals surface area contributed by atoms with Crippen molar-refractivity contribution in [3.63, 3.8) is 0 Å². The van der Waals surface area contributed by atoms with Crippen molar-refractivity contribution in [2.24, 2.45) is 0 Å². The molecule has 69 heavy (non-hydrogen) atoms. The first kappa shape index (κ1) is 49.1. The maximum atomic E-state index is 14.1. The number of aliphatic hydroxyl groups is 5. The van der Waals surface area contributed by atoms with E-state index in [1.54, 1.807) is 0 Å². The zero-order valence-electron chi connectivity index (χ0n) is 35.9. The molecule has 4 aromatic rings. The Morgan fingerprint density at radius 2 is 1.35 bits per heavy atom. The number of hydrogen-bond acceptors (Lipinski definition) is 19. The molecule has 1 fully saturated rings. The molecule has 0 saturated carbocycles. The molecule has 0 amide bonds. The van der Waals surface area contributed by atoms with Gasteiger partial charge in [-0.25, -0.2) is 14.4 Å². The van der Waals surface area contributed by atoms with E-state index in [-0.39, 0.29) is 99.4 Å². The van der Waals surface area contributed by atoms with Crippen molar-refractivity contribution in [1.29, 1.82) is 0 Å². The molecular formula is C48H44O21. The van der Waals surface area contributed by atoms with Gasteiger partial charge in [0.25, 0.3) is 0 Å². The number of carbonyl (C=O) groups excluding carboxylic acids is 4. The number of carbonyl (C=O) groups is 6. The third-order valence-electron chi connectivity index (χ3n) is 11.9. The molecule has 4 aromatic carbocycles. The van der Waals surface area contributed by atoms with Gasteiger partial charge in [-0.15, -0.1) is 0 Å². The number of allylic oxidation sites excluding steroid dienone is 1. The zero-order valence-corrected chi connectivity index (χ0v) is 35.9. The number of phenols is 4. The van der Waals surface area contributed by atoms with Crippen LogP contribution >= 0.6 is 0 Å². The standard InChI is InChI=1S/C32H28O14.C11H10O5.C5H6O2/c33-10-21-26(37)28(39)29(40)32(46-21)45-20-3-1-2-14-22(16-7-12(31(43)44)9-19(36)24(16)27(38)25(14)20)13-4-5-17(34)23-15(13)6-11(30(41)42)8-18(23)35;12-7-2-1-6(5-9(7)14)11-10(15)8(13)3-4-16-11;6-5-3-1-2-4-7-5/h1-3,6-9,13,21-22,26,28-29,32-33,35-37,39-40H,4-5,10H2,(H,41,42)(H,43,44);1-2,5,12,14-15H,3-4H2;1,3H,2,4H2/t13?,21?,22?,26-,28+,29?,32-;;/m1../s1. The van der Waals surface area contributed by atoms with Gasteiger partial charge in [-0.2, -0.15) is 0 Å². The molecule has 0 aromatic heterocycles. The van der Waals surface area contributed by atoms with Gasteiger partial charge in [0.1, 0.15) is 41.7 Å². The van der Waals surface area contributed by atoms with E-state index in [2.05, 4.69) is 4.74 Å². The van der Waals surface area contributed by atoms with Gasteiger partial charge in [-0.1, -0.05) is 18.2 Å². The zero-order chi connectivity index (χ0) is 50.0. The third kappa shape index (κ3) is 9.80. The lowest BCUT2D eigenvalue weighted by atomic mass is 9.65. The predicted molar refractivity (Wildman–Crippen MR) is 232 cm³/mol. The second kappa shape index (κ2) is 20.2. The first-order valence-corrected chi connectivity index (χ1v) is 21.2. The number of hydrogen-bond donors (Lipinski definition) is 11. The van der Waals surface area contributed by atoms with E-state index in [1.807, 2.05) is 6.08 Å². The number of aromatic hydroxyl groups is 4. The molecule has 21 heteroatoms. The van der Waals surface area contributed by atoms with E-state index in [4.69, 9.17) is 19.3 Å². The summed E-state index contributed by atoms with van der Waals surface area (Å²) in [6.45, 7) is 0.00600. The van der Waals surface area contributed by atoms with E-state index >= 15 is 0 Å². The molecule has 0 bridgehead atoms. The van der Waals surface area contributed by atoms with Crippen molar-refractivity contribution >= 4 is 41.0 Å². The van der Waals surface area contributed by atoms with Crippen molar-refractivity contribution in [3.8, 4) is 28.7 Å². The van der Waals surface area contributed by atoms with Crippen LogP contribution < -0.4 is 4.74 Å². The van der Waals surface area contributed by atoms with E-state index in [1.165, 1.54) is 54.6 Å². The second-order valence-corrected chi connectivity index (χ2v) is 16.2. The normalized spacial score (nSPS) is 23.6. The lowest BCUT2D eigenvalue weighted by molar-refractivity contribution is -0.277. The van der Waals surface area contributed by atoms with Gasteiger partial charge in [-0.3, -0.25) is 14.4 Å². The number of fused-ring (bicyclic) bond motifs is 3. The van der Waals surface area contributed by atoms with E-state index in [9.17, 15) is 79.8 Å². The Morgan fingerprint density at radius 1 is 0.667 bits per heavy atom. The molecule has 2 aliphatic carbocycles. The smallest absolute Gasteiger partial charge is 0.335 e. The number of ketones is 3. The molecule has 7 atom stereocenters. The Hall–Kier alpha value is -7.82. The SMILES string of the molecule is O=C(O)c1cc(O)c2c(c1)C(C1c3cc(C(=O)O)cc(O)c3C(=O)c3c(O[C@@H]4OC(CO)[C@@H](O)[C@H](O)C4O)cccc31)CCC2=O.O=C1C=CCCO1.O=C1CCOC(c2ccc(O)c(O)c2)=C1O. The lowest BCUT2D eigenvalue weighted by Crippen LogP contribution is -2.60. The number of aromatic carboxylic acids is 2. The predicted octanol–water partition coefficient (Wildman–Crippen LogP) is 2.91. The van der Waals surface area contributed by atoms with Gasteiger partial charge in [0.2, 0.25) is 23.6 Å². The minimum Gasteiger partial charge on any atom is -0.507 e. The summed E-state index contributed by atoms with van der Waals surface area (Å²) in [6, 6.07) is 12.6. The summed E-state index contributed by atoms with van der Waals surface area (Å²) in [6.07, 6.45) is -4.02. The summed E-state index contributed by atoms with van der Waals surface area (Å²) in [4.78, 5) is 72.4. The number of esters is 1. The number of aliphatic hydroxyl groups excluding tert-OH is 5. The molecule has 11 N–H and O–H groups in total. The minimum atomic E-state index is -1.82. The van der Waals surface area contributed by atoms with Crippen LogP contribution in [0.4, 0.5) is 0 Å². The van der Waals surface area contributed by atoms with Crippen molar-refractivity contribution in [1.82, 2.24) is 0 Å². The van der Waals surface area contributed by atoms with Crippen LogP contribution in [0.3, 0.4) is 0 Å². The number of rotatable bonds is 7. The van der Waals surface area contributed by atoms with Crippen molar-refractivity contribution in [3.05, 3.63) is 129 Å². The van der Waals surface area contributed by atoms with Gasteiger partial charge < -0.3 is 75.1 Å². The summed E-state index contributed by atoms with van der Waals surface area (Å²) in [5.41, 5.74) is -0.417.